The third kappa shape index (κ3) is 3.69. The van der Waals surface area contributed by atoms with E-state index in [1.807, 2.05) is 0 Å². The largest absolute Gasteiger partial charge is 0.394 e. The van der Waals surface area contributed by atoms with E-state index in [0.717, 1.165) is 5.56 Å². The number of nitrogens with zero attached hydrogens (tertiary/aromatic N) is 1. The van der Waals surface area contributed by atoms with Crippen molar-refractivity contribution in [2.24, 2.45) is 0 Å². The average molecular weight is 280 g/mol. The molecule has 0 spiro atoms. The van der Waals surface area contributed by atoms with Gasteiger partial charge in [0.15, 0.2) is 0 Å². The Kier molecular flexibility index (Phi) is 4.94. The van der Waals surface area contributed by atoms with E-state index in [4.69, 9.17) is 9.84 Å². The molecule has 1 saturated heterocycles. The Labute approximate surface area is 118 Å². The van der Waals surface area contributed by atoms with Crippen molar-refractivity contribution in [1.29, 1.82) is 0 Å². The van der Waals surface area contributed by atoms with E-state index in [0.29, 0.717) is 25.4 Å². The number of aliphatic hydroxyl groups excluding tert-OH is 2. The summed E-state index contributed by atoms with van der Waals surface area (Å²) in [6, 6.07) is 6.84. The topological polar surface area (TPSA) is 82.0 Å². The number of urea groups is 1. The van der Waals surface area contributed by atoms with Gasteiger partial charge in [-0.05, 0) is 24.6 Å². The predicted octanol–water partition coefficient (Wildman–Crippen LogP) is 0.965. The summed E-state index contributed by atoms with van der Waals surface area (Å²) in [4.78, 5) is 13.7. The summed E-state index contributed by atoms with van der Waals surface area (Å²) >= 11 is 0. The van der Waals surface area contributed by atoms with Crippen molar-refractivity contribution in [2.75, 3.05) is 31.6 Å². The fourth-order valence-corrected chi connectivity index (χ4v) is 2.06. The van der Waals surface area contributed by atoms with Crippen LogP contribution in [0.2, 0.25) is 0 Å². The van der Waals surface area contributed by atoms with Crippen molar-refractivity contribution in [1.82, 2.24) is 4.90 Å². The first-order chi connectivity index (χ1) is 9.60. The second-order valence-corrected chi connectivity index (χ2v) is 4.85. The molecule has 6 heteroatoms. The molecule has 1 aromatic carbocycles. The minimum atomic E-state index is -0.524. The highest BCUT2D eigenvalue weighted by molar-refractivity contribution is 5.89. The van der Waals surface area contributed by atoms with E-state index >= 15 is 0 Å². The van der Waals surface area contributed by atoms with Crippen molar-refractivity contribution >= 4 is 11.7 Å². The van der Waals surface area contributed by atoms with E-state index in [9.17, 15) is 9.90 Å². The summed E-state index contributed by atoms with van der Waals surface area (Å²) < 4.78 is 5.30. The number of ether oxygens (including phenoxy) is 1. The number of amides is 2. The van der Waals surface area contributed by atoms with Gasteiger partial charge in [-0.25, -0.2) is 4.79 Å². The van der Waals surface area contributed by atoms with E-state index in [-0.39, 0.29) is 18.7 Å². The fraction of sp³-hybridized carbons (Fsp3) is 0.500. The van der Waals surface area contributed by atoms with Crippen molar-refractivity contribution in [3.8, 4) is 0 Å². The Bertz CT molecular complexity index is 447. The molecule has 0 radical (unpaired) electrons. The molecule has 0 aliphatic carbocycles. The highest BCUT2D eigenvalue weighted by Gasteiger charge is 2.23. The van der Waals surface area contributed by atoms with Gasteiger partial charge in [0.2, 0.25) is 0 Å². The van der Waals surface area contributed by atoms with Crippen LogP contribution in [0.5, 0.6) is 0 Å². The molecule has 1 aliphatic rings. The molecule has 1 aromatic rings. The van der Waals surface area contributed by atoms with Gasteiger partial charge in [-0.1, -0.05) is 12.1 Å². The van der Waals surface area contributed by atoms with Gasteiger partial charge in [0.05, 0.1) is 32.0 Å². The standard InChI is InChI=1S/C14H20N2O4/c1-10(18)11-2-4-12(5-3-11)15-14(19)16-6-7-20-13(8-16)9-17/h2-5,10,13,17-18H,6-9H2,1H3,(H,15,19). The minimum absolute atomic E-state index is 0.0904. The predicted molar refractivity (Wildman–Crippen MR) is 74.5 cm³/mol. The first-order valence-electron chi connectivity index (χ1n) is 6.66. The maximum atomic E-state index is 12.1. The van der Waals surface area contributed by atoms with E-state index < -0.39 is 6.10 Å². The maximum Gasteiger partial charge on any atom is 0.322 e. The highest BCUT2D eigenvalue weighted by atomic mass is 16.5. The Morgan fingerprint density at radius 3 is 2.80 bits per heavy atom. The summed E-state index contributed by atoms with van der Waals surface area (Å²) in [5, 5.41) is 21.3. The third-order valence-electron chi connectivity index (χ3n) is 3.27. The normalized spacial score (nSPS) is 20.6. The molecular weight excluding hydrogens is 260 g/mol. The van der Waals surface area contributed by atoms with Crippen LogP contribution in [0.1, 0.15) is 18.6 Å². The molecule has 3 N–H and O–H groups in total. The molecule has 6 nitrogen and oxygen atoms in total. The van der Waals surface area contributed by atoms with Gasteiger partial charge in [0.25, 0.3) is 0 Å². The monoisotopic (exact) mass is 280 g/mol. The number of morpholine rings is 1. The van der Waals surface area contributed by atoms with Crippen LogP contribution in [0.15, 0.2) is 24.3 Å². The lowest BCUT2D eigenvalue weighted by Crippen LogP contribution is -2.48. The van der Waals surface area contributed by atoms with Crippen LogP contribution < -0.4 is 5.32 Å². The molecule has 110 valence electrons. The SMILES string of the molecule is CC(O)c1ccc(NC(=O)N2CCOC(CO)C2)cc1. The minimum Gasteiger partial charge on any atom is -0.394 e. The highest BCUT2D eigenvalue weighted by Crippen LogP contribution is 2.16. The second kappa shape index (κ2) is 6.69. The van der Waals surface area contributed by atoms with Crippen LogP contribution in [-0.2, 0) is 4.74 Å². The number of hydrogen-bond donors (Lipinski definition) is 3. The Balaban J connectivity index is 1.93. The number of rotatable bonds is 3. The quantitative estimate of drug-likeness (QED) is 0.770. The number of carbonyl (C=O) groups excluding carboxylic acids is 1. The van der Waals surface area contributed by atoms with Gasteiger partial charge in [-0.3, -0.25) is 0 Å². The molecule has 1 aliphatic heterocycles. The molecule has 20 heavy (non-hydrogen) atoms. The number of carbonyl (C=O) groups is 1. The Hall–Kier alpha value is -1.63. The molecular formula is C14H20N2O4. The first-order valence-corrected chi connectivity index (χ1v) is 6.66. The maximum absolute atomic E-state index is 12.1. The molecule has 2 unspecified atom stereocenters. The zero-order valence-electron chi connectivity index (χ0n) is 11.5. The number of benzene rings is 1. The van der Waals surface area contributed by atoms with E-state index in [2.05, 4.69) is 5.32 Å². The molecule has 2 rings (SSSR count). The zero-order valence-corrected chi connectivity index (χ0v) is 11.5. The van der Waals surface area contributed by atoms with Crippen molar-refractivity contribution in [2.45, 2.75) is 19.1 Å². The smallest absolute Gasteiger partial charge is 0.322 e. The van der Waals surface area contributed by atoms with E-state index in [1.54, 1.807) is 36.1 Å². The molecule has 1 fully saturated rings. The molecule has 2 atom stereocenters. The second-order valence-electron chi connectivity index (χ2n) is 4.85. The lowest BCUT2D eigenvalue weighted by molar-refractivity contribution is -0.0388. The van der Waals surface area contributed by atoms with Gasteiger partial charge in [-0.2, -0.15) is 0 Å². The summed E-state index contributed by atoms with van der Waals surface area (Å²) in [6.45, 7) is 2.92. The van der Waals surface area contributed by atoms with Gasteiger partial charge in [0, 0.05) is 12.2 Å². The summed E-state index contributed by atoms with van der Waals surface area (Å²) in [7, 11) is 0. The van der Waals surface area contributed by atoms with Crippen molar-refractivity contribution in [3.63, 3.8) is 0 Å². The Morgan fingerprint density at radius 2 is 2.20 bits per heavy atom. The van der Waals surface area contributed by atoms with Gasteiger partial charge < -0.3 is 25.2 Å². The first kappa shape index (κ1) is 14.8. The summed E-state index contributed by atoms with van der Waals surface area (Å²) in [5.74, 6) is 0. The third-order valence-corrected chi connectivity index (χ3v) is 3.27. The molecule has 0 aromatic heterocycles. The van der Waals surface area contributed by atoms with Gasteiger partial charge in [0.1, 0.15) is 0 Å². The summed E-state index contributed by atoms with van der Waals surface area (Å²) in [5.41, 5.74) is 1.47. The van der Waals surface area contributed by atoms with Crippen LogP contribution in [0.4, 0.5) is 10.5 Å². The van der Waals surface area contributed by atoms with Crippen molar-refractivity contribution in [3.05, 3.63) is 29.8 Å². The van der Waals surface area contributed by atoms with Crippen LogP contribution in [0, 0.1) is 0 Å². The zero-order chi connectivity index (χ0) is 14.5. The van der Waals surface area contributed by atoms with Crippen LogP contribution in [0.3, 0.4) is 0 Å². The van der Waals surface area contributed by atoms with E-state index in [1.165, 1.54) is 0 Å². The lowest BCUT2D eigenvalue weighted by atomic mass is 10.1. The number of anilines is 1. The number of hydrogen-bond acceptors (Lipinski definition) is 4. The summed E-state index contributed by atoms with van der Waals surface area (Å²) in [6.07, 6.45) is -0.837. The number of nitrogens with one attached hydrogen (secondary N) is 1. The van der Waals surface area contributed by atoms with Crippen LogP contribution in [-0.4, -0.2) is 53.6 Å². The molecule has 2 amide bonds. The van der Waals surface area contributed by atoms with Crippen LogP contribution in [0.25, 0.3) is 0 Å². The number of aliphatic hydroxyl groups is 2. The fourth-order valence-electron chi connectivity index (χ4n) is 2.06. The molecule has 0 saturated carbocycles. The molecule has 1 heterocycles. The average Bonchev–Trinajstić information content (AvgIpc) is 2.47. The van der Waals surface area contributed by atoms with Gasteiger partial charge >= 0.3 is 6.03 Å². The van der Waals surface area contributed by atoms with Gasteiger partial charge in [-0.15, -0.1) is 0 Å². The lowest BCUT2D eigenvalue weighted by Gasteiger charge is -2.32. The van der Waals surface area contributed by atoms with Crippen molar-refractivity contribution < 1.29 is 19.7 Å². The van der Waals surface area contributed by atoms with Crippen LogP contribution >= 0.6 is 0 Å². The molecule has 0 bridgehead atoms. The Morgan fingerprint density at radius 1 is 1.50 bits per heavy atom.